The summed E-state index contributed by atoms with van der Waals surface area (Å²) in [6.45, 7) is 0. The van der Waals surface area contributed by atoms with Crippen molar-refractivity contribution in [3.05, 3.63) is 0 Å². The number of ether oxygens (including phenoxy) is 1. The molecule has 1 unspecified atom stereocenters. The minimum Gasteiger partial charge on any atom is -0.331 e. The summed E-state index contributed by atoms with van der Waals surface area (Å²) in [5, 5.41) is 7.51. The summed E-state index contributed by atoms with van der Waals surface area (Å²) in [6, 6.07) is 0. The van der Waals surface area contributed by atoms with Crippen LogP contribution >= 0.6 is 0 Å². The van der Waals surface area contributed by atoms with Crippen molar-refractivity contribution >= 4 is 0 Å². The molecule has 3 nitrogen and oxygen atoms in total. The monoisotopic (exact) mass is 318 g/mol. The lowest BCUT2D eigenvalue weighted by molar-refractivity contribution is -0.551. The van der Waals surface area contributed by atoms with Gasteiger partial charge in [-0.05, 0) is 4.53 Å². The van der Waals surface area contributed by atoms with Gasteiger partial charge in [-0.3, -0.25) is 4.74 Å². The van der Waals surface area contributed by atoms with Crippen molar-refractivity contribution in [2.75, 3.05) is 0 Å². The molecular formula is C5HF11O3. The third-order valence-corrected chi connectivity index (χ3v) is 1.46. The number of rotatable bonds is 5. The molecule has 0 spiro atoms. The molecule has 0 aromatic rings. The third kappa shape index (κ3) is 3.17. The summed E-state index contributed by atoms with van der Waals surface area (Å²) in [7, 11) is 0. The van der Waals surface area contributed by atoms with Crippen LogP contribution in [0.25, 0.3) is 0 Å². The second-order valence-corrected chi connectivity index (χ2v) is 2.85. The summed E-state index contributed by atoms with van der Waals surface area (Å²) in [6.07, 6.45) is -27.1. The van der Waals surface area contributed by atoms with Gasteiger partial charge >= 0.3 is 30.4 Å². The largest absolute Gasteiger partial charge is 0.478 e. The highest BCUT2D eigenvalue weighted by molar-refractivity contribution is 4.87. The zero-order valence-corrected chi connectivity index (χ0v) is 7.92. The summed E-state index contributed by atoms with van der Waals surface area (Å²) in [5.41, 5.74) is 0. The van der Waals surface area contributed by atoms with Crippen LogP contribution in [0.2, 0.25) is 0 Å². The van der Waals surface area contributed by atoms with E-state index in [0.717, 1.165) is 0 Å². The van der Waals surface area contributed by atoms with Crippen LogP contribution in [0.15, 0.2) is 0 Å². The van der Waals surface area contributed by atoms with E-state index in [1.165, 1.54) is 4.94 Å². The van der Waals surface area contributed by atoms with E-state index in [1.54, 1.807) is 4.74 Å². The molecule has 0 saturated heterocycles. The van der Waals surface area contributed by atoms with E-state index < -0.39 is 30.4 Å². The van der Waals surface area contributed by atoms with Gasteiger partial charge in [0.1, 0.15) is 0 Å². The molecule has 0 aliphatic heterocycles. The van der Waals surface area contributed by atoms with E-state index in [4.69, 9.17) is 5.11 Å². The fourth-order valence-corrected chi connectivity index (χ4v) is 0.571. The fourth-order valence-electron chi connectivity index (χ4n) is 0.571. The van der Waals surface area contributed by atoms with Gasteiger partial charge in [-0.15, -0.1) is 4.94 Å². The minimum atomic E-state index is -7.07. The molecule has 1 N–H and O–H groups in total. The molecule has 1 atom stereocenters. The molecule has 0 aliphatic carbocycles. The SMILES string of the molecule is OC(F)(F)C(F)(OC(F)(F)C(F)(F)OF)C(F)(F)F. The molecule has 0 heterocycles. The van der Waals surface area contributed by atoms with Crippen LogP contribution in [0.1, 0.15) is 0 Å². The molecule has 0 amide bonds. The molecule has 0 aromatic heterocycles. The molecule has 0 saturated carbocycles. The number of alkyl halides is 10. The maximum Gasteiger partial charge on any atom is 0.478 e. The molecule has 0 rings (SSSR count). The summed E-state index contributed by atoms with van der Waals surface area (Å²) in [5.74, 6) is -6.94. The maximum atomic E-state index is 12.6. The van der Waals surface area contributed by atoms with Gasteiger partial charge in [-0.2, -0.15) is 43.9 Å². The molecule has 116 valence electrons. The average molecular weight is 318 g/mol. The molecule has 0 bridgehead atoms. The fraction of sp³-hybridized carbons (Fsp3) is 1.00. The Kier molecular flexibility index (Phi) is 4.37. The Labute approximate surface area is 94.9 Å². The van der Waals surface area contributed by atoms with E-state index in [1.807, 2.05) is 0 Å². The zero-order chi connectivity index (χ0) is 15.9. The lowest BCUT2D eigenvalue weighted by atomic mass is 10.2. The van der Waals surface area contributed by atoms with Crippen LogP contribution in [0.5, 0.6) is 0 Å². The molecular weight excluding hydrogens is 317 g/mol. The smallest absolute Gasteiger partial charge is 0.331 e. The van der Waals surface area contributed by atoms with Crippen LogP contribution in [-0.4, -0.2) is 35.5 Å². The lowest BCUT2D eigenvalue weighted by Gasteiger charge is -2.34. The van der Waals surface area contributed by atoms with Gasteiger partial charge in [0.25, 0.3) is 0 Å². The van der Waals surface area contributed by atoms with Crippen molar-refractivity contribution in [1.29, 1.82) is 0 Å². The Balaban J connectivity index is 5.64. The van der Waals surface area contributed by atoms with Crippen molar-refractivity contribution in [2.24, 2.45) is 0 Å². The van der Waals surface area contributed by atoms with E-state index in [-0.39, 0.29) is 0 Å². The highest BCUT2D eigenvalue weighted by Gasteiger charge is 2.79. The Morgan fingerprint density at radius 2 is 1.05 bits per heavy atom. The molecule has 0 aliphatic rings. The first kappa shape index (κ1) is 18.1. The number of aliphatic hydroxyl groups is 1. The Hall–Kier alpha value is -0.890. The summed E-state index contributed by atoms with van der Waals surface area (Å²) in [4.78, 5) is 1.20. The van der Waals surface area contributed by atoms with Crippen LogP contribution in [0.4, 0.5) is 48.4 Å². The Morgan fingerprint density at radius 1 is 0.684 bits per heavy atom. The van der Waals surface area contributed by atoms with Crippen LogP contribution in [-0.2, 0) is 9.68 Å². The van der Waals surface area contributed by atoms with Crippen molar-refractivity contribution in [3.63, 3.8) is 0 Å². The number of hydrogen-bond acceptors (Lipinski definition) is 3. The number of halogens is 11. The molecule has 0 fully saturated rings. The van der Waals surface area contributed by atoms with Crippen molar-refractivity contribution < 1.29 is 63.2 Å². The molecule has 19 heavy (non-hydrogen) atoms. The topological polar surface area (TPSA) is 38.7 Å². The first-order valence-corrected chi connectivity index (χ1v) is 3.63. The second-order valence-electron chi connectivity index (χ2n) is 2.85. The van der Waals surface area contributed by atoms with Crippen LogP contribution < -0.4 is 0 Å². The highest BCUT2D eigenvalue weighted by atomic mass is 19.4. The van der Waals surface area contributed by atoms with Gasteiger partial charge in [0.2, 0.25) is 0 Å². The van der Waals surface area contributed by atoms with Gasteiger partial charge < -0.3 is 5.11 Å². The van der Waals surface area contributed by atoms with E-state index in [2.05, 4.69) is 0 Å². The van der Waals surface area contributed by atoms with Gasteiger partial charge in [-0.1, -0.05) is 0 Å². The van der Waals surface area contributed by atoms with Gasteiger partial charge in [0, 0.05) is 0 Å². The molecule has 0 aromatic carbocycles. The third-order valence-electron chi connectivity index (χ3n) is 1.46. The Bertz CT molecular complexity index is 303. The molecule has 14 heteroatoms. The first-order valence-electron chi connectivity index (χ1n) is 3.63. The standard InChI is InChI=1S/C5HF11O3/c6-1(2(7,8)9,3(10,11)17)18-4(12,13)5(14,15)19-16/h17H. The predicted molar refractivity (Wildman–Crippen MR) is 30.2 cm³/mol. The predicted octanol–water partition coefficient (Wildman–Crippen LogP) is 2.90. The summed E-state index contributed by atoms with van der Waals surface area (Å²) < 4.78 is 133. The normalized spacial score (nSPS) is 18.3. The zero-order valence-electron chi connectivity index (χ0n) is 7.92. The van der Waals surface area contributed by atoms with Crippen molar-refractivity contribution in [3.8, 4) is 0 Å². The van der Waals surface area contributed by atoms with E-state index in [0.29, 0.717) is 0 Å². The van der Waals surface area contributed by atoms with E-state index >= 15 is 0 Å². The summed E-state index contributed by atoms with van der Waals surface area (Å²) >= 11 is 0. The van der Waals surface area contributed by atoms with Crippen LogP contribution in [0, 0.1) is 0 Å². The van der Waals surface area contributed by atoms with E-state index in [9.17, 15) is 48.4 Å². The molecule has 0 radical (unpaired) electrons. The van der Waals surface area contributed by atoms with Gasteiger partial charge in [-0.25, -0.2) is 0 Å². The van der Waals surface area contributed by atoms with Gasteiger partial charge in [0.05, 0.1) is 0 Å². The van der Waals surface area contributed by atoms with Gasteiger partial charge in [0.15, 0.2) is 0 Å². The van der Waals surface area contributed by atoms with Crippen molar-refractivity contribution in [2.45, 2.75) is 30.4 Å². The minimum absolute atomic E-state index is 1.20. The number of hydrogen-bond donors (Lipinski definition) is 1. The quantitative estimate of drug-likeness (QED) is 0.792. The second kappa shape index (κ2) is 4.59. The van der Waals surface area contributed by atoms with Crippen molar-refractivity contribution in [1.82, 2.24) is 0 Å². The maximum absolute atomic E-state index is 12.6. The lowest BCUT2D eigenvalue weighted by Crippen LogP contribution is -2.62. The Morgan fingerprint density at radius 3 is 1.26 bits per heavy atom. The average Bonchev–Trinajstić information content (AvgIpc) is 2.13. The highest BCUT2D eigenvalue weighted by Crippen LogP contribution is 2.50. The first-order chi connectivity index (χ1) is 8.02. The van der Waals surface area contributed by atoms with Crippen LogP contribution in [0.3, 0.4) is 0 Å².